The highest BCUT2D eigenvalue weighted by Crippen LogP contribution is 2.24. The molecule has 2 rings (SSSR count). The average Bonchev–Trinajstić information content (AvgIpc) is 2.59. The molecule has 0 bridgehead atoms. The topological polar surface area (TPSA) is 48.8 Å². The molecule has 0 atom stereocenters. The van der Waals surface area contributed by atoms with E-state index in [1.165, 1.54) is 0 Å². The largest absolute Gasteiger partial charge is 0.495 e. The molecule has 1 aromatic carbocycles. The minimum atomic E-state index is 0.555. The molecule has 64 valence electrons. The molecule has 1 heterocycles. The highest BCUT2D eigenvalue weighted by Gasteiger charge is 2.03. The predicted molar refractivity (Wildman–Crippen MR) is 49.6 cm³/mol. The third-order valence-corrected chi connectivity index (χ3v) is 1.96. The first kappa shape index (κ1) is 7.69. The van der Waals surface area contributed by atoms with Gasteiger partial charge in [-0.25, -0.2) is 0 Å². The molecule has 0 spiro atoms. The maximum absolute atomic E-state index is 8.68. The van der Waals surface area contributed by atoms with Crippen LogP contribution in [-0.4, -0.2) is 12.1 Å². The Balaban J connectivity index is 2.76. The highest BCUT2D eigenvalue weighted by molar-refractivity contribution is 5.86. The van der Waals surface area contributed by atoms with Gasteiger partial charge in [0.05, 0.1) is 12.6 Å². The van der Waals surface area contributed by atoms with Crippen molar-refractivity contribution in [1.82, 2.24) is 4.98 Å². The molecule has 0 unspecified atom stereocenters. The Morgan fingerprint density at radius 2 is 2.31 bits per heavy atom. The van der Waals surface area contributed by atoms with E-state index in [0.717, 1.165) is 16.7 Å². The molecule has 0 aliphatic carbocycles. The van der Waals surface area contributed by atoms with Crippen molar-refractivity contribution in [2.75, 3.05) is 7.11 Å². The van der Waals surface area contributed by atoms with Gasteiger partial charge < -0.3 is 9.72 Å². The van der Waals surface area contributed by atoms with Gasteiger partial charge in [0.25, 0.3) is 0 Å². The number of para-hydroxylation sites is 1. The molecule has 0 saturated heterocycles. The van der Waals surface area contributed by atoms with Crippen LogP contribution in [0.15, 0.2) is 24.3 Å². The normalized spacial score (nSPS) is 9.85. The molecular formula is C10H8N2O. The van der Waals surface area contributed by atoms with Gasteiger partial charge in [-0.2, -0.15) is 5.26 Å². The second-order valence-corrected chi connectivity index (χ2v) is 2.72. The molecular weight excluding hydrogens is 164 g/mol. The first-order valence-electron chi connectivity index (χ1n) is 3.91. The van der Waals surface area contributed by atoms with Crippen LogP contribution >= 0.6 is 0 Å². The van der Waals surface area contributed by atoms with Crippen molar-refractivity contribution >= 4 is 10.9 Å². The fraction of sp³-hybridized carbons (Fsp3) is 0.100. The molecule has 1 N–H and O–H groups in total. The molecule has 0 aliphatic rings. The second kappa shape index (κ2) is 2.83. The van der Waals surface area contributed by atoms with Crippen molar-refractivity contribution in [1.29, 1.82) is 5.26 Å². The summed E-state index contributed by atoms with van der Waals surface area (Å²) in [7, 11) is 1.61. The molecule has 3 heteroatoms. The first-order valence-corrected chi connectivity index (χ1v) is 3.91. The lowest BCUT2D eigenvalue weighted by Crippen LogP contribution is -1.83. The molecule has 0 fully saturated rings. The zero-order chi connectivity index (χ0) is 9.26. The average molecular weight is 172 g/mol. The van der Waals surface area contributed by atoms with E-state index in [1.807, 2.05) is 18.2 Å². The first-order chi connectivity index (χ1) is 6.35. The minimum absolute atomic E-state index is 0.555. The van der Waals surface area contributed by atoms with Crippen LogP contribution in [-0.2, 0) is 0 Å². The van der Waals surface area contributed by atoms with Crippen LogP contribution < -0.4 is 4.74 Å². The number of nitriles is 1. The van der Waals surface area contributed by atoms with Gasteiger partial charge in [-0.15, -0.1) is 0 Å². The molecule has 0 amide bonds. The molecule has 1 aromatic heterocycles. The fourth-order valence-electron chi connectivity index (χ4n) is 1.36. The summed E-state index contributed by atoms with van der Waals surface area (Å²) in [5.41, 5.74) is 1.43. The SMILES string of the molecule is COc1cccc2cc(C#N)[nH]c12. The number of H-pyrrole nitrogens is 1. The van der Waals surface area contributed by atoms with E-state index in [9.17, 15) is 0 Å². The van der Waals surface area contributed by atoms with Crippen LogP contribution in [0.2, 0.25) is 0 Å². The van der Waals surface area contributed by atoms with E-state index in [-0.39, 0.29) is 0 Å². The van der Waals surface area contributed by atoms with Gasteiger partial charge in [0.2, 0.25) is 0 Å². The van der Waals surface area contributed by atoms with Gasteiger partial charge in [0, 0.05) is 5.39 Å². The third-order valence-electron chi connectivity index (χ3n) is 1.96. The van der Waals surface area contributed by atoms with Crippen molar-refractivity contribution in [3.8, 4) is 11.8 Å². The van der Waals surface area contributed by atoms with Crippen molar-refractivity contribution in [3.05, 3.63) is 30.0 Å². The van der Waals surface area contributed by atoms with Gasteiger partial charge >= 0.3 is 0 Å². The Kier molecular flexibility index (Phi) is 1.67. The zero-order valence-electron chi connectivity index (χ0n) is 7.16. The number of ether oxygens (including phenoxy) is 1. The lowest BCUT2D eigenvalue weighted by molar-refractivity contribution is 0.419. The Bertz CT molecular complexity index is 479. The number of aromatic nitrogens is 1. The van der Waals surface area contributed by atoms with Crippen molar-refractivity contribution < 1.29 is 4.74 Å². The van der Waals surface area contributed by atoms with E-state index in [4.69, 9.17) is 10.00 Å². The maximum Gasteiger partial charge on any atom is 0.142 e. The predicted octanol–water partition coefficient (Wildman–Crippen LogP) is 2.05. The number of methoxy groups -OCH3 is 1. The number of nitrogens with zero attached hydrogens (tertiary/aromatic N) is 1. The molecule has 13 heavy (non-hydrogen) atoms. The number of hydrogen-bond donors (Lipinski definition) is 1. The summed E-state index contributed by atoms with van der Waals surface area (Å²) in [4.78, 5) is 2.98. The Labute approximate surface area is 75.6 Å². The van der Waals surface area contributed by atoms with E-state index in [2.05, 4.69) is 11.1 Å². The van der Waals surface area contributed by atoms with Gasteiger partial charge in [-0.05, 0) is 12.1 Å². The Morgan fingerprint density at radius 1 is 1.46 bits per heavy atom. The summed E-state index contributed by atoms with van der Waals surface area (Å²) in [5.74, 6) is 0.763. The summed E-state index contributed by atoms with van der Waals surface area (Å²) in [6.45, 7) is 0. The lowest BCUT2D eigenvalue weighted by atomic mass is 10.2. The summed E-state index contributed by atoms with van der Waals surface area (Å²) >= 11 is 0. The van der Waals surface area contributed by atoms with Gasteiger partial charge in [0.15, 0.2) is 0 Å². The monoisotopic (exact) mass is 172 g/mol. The quantitative estimate of drug-likeness (QED) is 0.715. The molecule has 0 saturated carbocycles. The number of fused-ring (bicyclic) bond motifs is 1. The third kappa shape index (κ3) is 1.13. The number of hydrogen-bond acceptors (Lipinski definition) is 2. The molecule has 3 nitrogen and oxygen atoms in total. The number of aromatic amines is 1. The Hall–Kier alpha value is -1.95. The van der Waals surface area contributed by atoms with Gasteiger partial charge in [0.1, 0.15) is 17.5 Å². The van der Waals surface area contributed by atoms with Crippen molar-refractivity contribution in [2.24, 2.45) is 0 Å². The van der Waals surface area contributed by atoms with Crippen LogP contribution in [0.3, 0.4) is 0 Å². The smallest absolute Gasteiger partial charge is 0.142 e. The number of nitrogens with one attached hydrogen (secondary N) is 1. The minimum Gasteiger partial charge on any atom is -0.495 e. The van der Waals surface area contributed by atoms with Crippen molar-refractivity contribution in [3.63, 3.8) is 0 Å². The highest BCUT2D eigenvalue weighted by atomic mass is 16.5. The standard InChI is InChI=1S/C10H8N2O/c1-13-9-4-2-3-7-5-8(6-11)12-10(7)9/h2-5,12H,1H3. The van der Waals surface area contributed by atoms with E-state index >= 15 is 0 Å². The van der Waals surface area contributed by atoms with Crippen LogP contribution in [0.4, 0.5) is 0 Å². The fourth-order valence-corrected chi connectivity index (χ4v) is 1.36. The zero-order valence-corrected chi connectivity index (χ0v) is 7.16. The second-order valence-electron chi connectivity index (χ2n) is 2.72. The number of rotatable bonds is 1. The molecule has 2 aromatic rings. The summed E-state index contributed by atoms with van der Waals surface area (Å²) in [6, 6.07) is 9.56. The van der Waals surface area contributed by atoms with E-state index < -0.39 is 0 Å². The lowest BCUT2D eigenvalue weighted by Gasteiger charge is -1.99. The van der Waals surface area contributed by atoms with Crippen LogP contribution in [0.1, 0.15) is 5.69 Å². The van der Waals surface area contributed by atoms with Crippen LogP contribution in [0.25, 0.3) is 10.9 Å². The van der Waals surface area contributed by atoms with E-state index in [1.54, 1.807) is 13.2 Å². The number of benzene rings is 1. The Morgan fingerprint density at radius 3 is 3.00 bits per heavy atom. The summed E-state index contributed by atoms with van der Waals surface area (Å²) in [5, 5.41) is 9.68. The van der Waals surface area contributed by atoms with Crippen LogP contribution in [0, 0.1) is 11.3 Å². The molecule has 0 aliphatic heterocycles. The van der Waals surface area contributed by atoms with Gasteiger partial charge in [-0.3, -0.25) is 0 Å². The van der Waals surface area contributed by atoms with Crippen molar-refractivity contribution in [2.45, 2.75) is 0 Å². The summed E-state index contributed by atoms with van der Waals surface area (Å²) in [6.07, 6.45) is 0. The van der Waals surface area contributed by atoms with E-state index in [0.29, 0.717) is 5.69 Å². The maximum atomic E-state index is 8.68. The van der Waals surface area contributed by atoms with Crippen LogP contribution in [0.5, 0.6) is 5.75 Å². The molecule has 0 radical (unpaired) electrons. The van der Waals surface area contributed by atoms with Gasteiger partial charge in [-0.1, -0.05) is 12.1 Å². The summed E-state index contributed by atoms with van der Waals surface area (Å²) < 4.78 is 5.14.